The lowest BCUT2D eigenvalue weighted by Gasteiger charge is -2.35. The molecule has 0 spiro atoms. The Morgan fingerprint density at radius 3 is 2.61 bits per heavy atom. The van der Waals surface area contributed by atoms with Crippen molar-refractivity contribution in [2.75, 3.05) is 6.54 Å². The van der Waals surface area contributed by atoms with E-state index in [4.69, 9.17) is 0 Å². The van der Waals surface area contributed by atoms with E-state index in [0.717, 1.165) is 30.0 Å². The number of aromatic hydroxyl groups is 1. The van der Waals surface area contributed by atoms with Crippen molar-refractivity contribution in [2.45, 2.75) is 25.9 Å². The fraction of sp³-hybridized carbons (Fsp3) is 0.238. The molecule has 0 unspecified atom stereocenters. The molecule has 1 aliphatic rings. The highest BCUT2D eigenvalue weighted by molar-refractivity contribution is 7.17. The van der Waals surface area contributed by atoms with E-state index in [2.05, 4.69) is 39.2 Å². The summed E-state index contributed by atoms with van der Waals surface area (Å²) < 4.78 is 15.0. The molecule has 0 amide bonds. The highest BCUT2D eigenvalue weighted by atomic mass is 32.1. The van der Waals surface area contributed by atoms with Crippen molar-refractivity contribution in [1.29, 1.82) is 0 Å². The van der Waals surface area contributed by atoms with Gasteiger partial charge in [0.1, 0.15) is 11.6 Å². The van der Waals surface area contributed by atoms with E-state index in [9.17, 15) is 9.50 Å². The highest BCUT2D eigenvalue weighted by Crippen LogP contribution is 2.41. The standard InChI is InChI=1S/C21H19FN4OS/c1-13-23-21-26(24-13)20(27)19(28-21)18(15-6-8-17(22)9-7-15)25-11-10-14-4-2-3-5-16(14)12-25/h2-9,18,27H,10-12H2,1H3/t18-/m0/s1. The van der Waals surface area contributed by atoms with Crippen molar-refractivity contribution in [1.82, 2.24) is 19.5 Å². The Morgan fingerprint density at radius 2 is 1.86 bits per heavy atom. The first-order valence-corrected chi connectivity index (χ1v) is 10.0. The van der Waals surface area contributed by atoms with Crippen molar-refractivity contribution < 1.29 is 9.50 Å². The molecular weight excluding hydrogens is 375 g/mol. The lowest BCUT2D eigenvalue weighted by molar-refractivity contribution is 0.205. The van der Waals surface area contributed by atoms with Gasteiger partial charge in [-0.2, -0.15) is 4.52 Å². The fourth-order valence-electron chi connectivity index (χ4n) is 3.94. The van der Waals surface area contributed by atoms with Crippen LogP contribution in [0.2, 0.25) is 0 Å². The van der Waals surface area contributed by atoms with E-state index in [-0.39, 0.29) is 17.7 Å². The van der Waals surface area contributed by atoms with E-state index in [0.29, 0.717) is 10.8 Å². The molecule has 0 bridgehead atoms. The number of hydrogen-bond acceptors (Lipinski definition) is 5. The Morgan fingerprint density at radius 1 is 1.11 bits per heavy atom. The van der Waals surface area contributed by atoms with Gasteiger partial charge in [-0.15, -0.1) is 5.10 Å². The Labute approximate surface area is 165 Å². The molecule has 28 heavy (non-hydrogen) atoms. The third-order valence-corrected chi connectivity index (χ3v) is 6.34. The summed E-state index contributed by atoms with van der Waals surface area (Å²) in [6, 6.07) is 14.8. The zero-order chi connectivity index (χ0) is 19.3. The van der Waals surface area contributed by atoms with Crippen molar-refractivity contribution in [3.05, 3.63) is 81.7 Å². The molecule has 4 aromatic rings. The van der Waals surface area contributed by atoms with E-state index in [1.165, 1.54) is 39.1 Å². The Balaban J connectivity index is 1.62. The predicted molar refractivity (Wildman–Crippen MR) is 106 cm³/mol. The quantitative estimate of drug-likeness (QED) is 0.569. The molecule has 0 radical (unpaired) electrons. The molecule has 5 nitrogen and oxygen atoms in total. The number of nitrogens with zero attached hydrogens (tertiary/aromatic N) is 4. The SMILES string of the molecule is Cc1nc2sc([C@H](c3ccc(F)cc3)N3CCc4ccccc4C3)c(O)n2n1. The van der Waals surface area contributed by atoms with Crippen LogP contribution in [0.5, 0.6) is 5.88 Å². The maximum Gasteiger partial charge on any atom is 0.230 e. The number of fused-ring (bicyclic) bond motifs is 2. The van der Waals surface area contributed by atoms with Gasteiger partial charge in [-0.25, -0.2) is 9.37 Å². The molecule has 2 aromatic carbocycles. The first kappa shape index (κ1) is 17.3. The van der Waals surface area contributed by atoms with Gasteiger partial charge in [-0.1, -0.05) is 47.7 Å². The summed E-state index contributed by atoms with van der Waals surface area (Å²) in [5.41, 5.74) is 3.59. The van der Waals surface area contributed by atoms with Crippen LogP contribution >= 0.6 is 11.3 Å². The Hall–Kier alpha value is -2.77. The van der Waals surface area contributed by atoms with Crippen molar-refractivity contribution in [2.24, 2.45) is 0 Å². The average molecular weight is 394 g/mol. The van der Waals surface area contributed by atoms with Gasteiger partial charge in [-0.05, 0) is 42.2 Å². The minimum atomic E-state index is -0.269. The third kappa shape index (κ3) is 2.87. The Bertz CT molecular complexity index is 1150. The summed E-state index contributed by atoms with van der Waals surface area (Å²) >= 11 is 1.43. The van der Waals surface area contributed by atoms with Crippen LogP contribution in [-0.4, -0.2) is 31.1 Å². The zero-order valence-corrected chi connectivity index (χ0v) is 16.2. The van der Waals surface area contributed by atoms with Crippen LogP contribution in [0.25, 0.3) is 4.96 Å². The number of rotatable bonds is 3. The second-order valence-corrected chi connectivity index (χ2v) is 8.10. The second-order valence-electron chi connectivity index (χ2n) is 7.09. The molecule has 0 aliphatic carbocycles. The van der Waals surface area contributed by atoms with Crippen LogP contribution in [0, 0.1) is 12.7 Å². The maximum absolute atomic E-state index is 13.5. The number of aromatic nitrogens is 3. The number of thiazole rings is 1. The minimum Gasteiger partial charge on any atom is -0.492 e. The van der Waals surface area contributed by atoms with Crippen LogP contribution in [0.4, 0.5) is 4.39 Å². The molecule has 1 N–H and O–H groups in total. The van der Waals surface area contributed by atoms with Crippen LogP contribution in [0.3, 0.4) is 0 Å². The summed E-state index contributed by atoms with van der Waals surface area (Å²) in [6.45, 7) is 3.42. The molecule has 0 fully saturated rings. The van der Waals surface area contributed by atoms with Crippen molar-refractivity contribution >= 4 is 16.3 Å². The van der Waals surface area contributed by atoms with Gasteiger partial charge in [-0.3, -0.25) is 4.90 Å². The number of halogens is 1. The van der Waals surface area contributed by atoms with Crippen LogP contribution < -0.4 is 0 Å². The second kappa shape index (κ2) is 6.68. The molecule has 0 saturated heterocycles. The predicted octanol–water partition coefficient (Wildman–Crippen LogP) is 4.09. The molecule has 0 saturated carbocycles. The van der Waals surface area contributed by atoms with Gasteiger partial charge in [0.05, 0.1) is 10.9 Å². The Kier molecular flexibility index (Phi) is 4.14. The number of hydrogen-bond donors (Lipinski definition) is 1. The molecular formula is C21H19FN4OS. The van der Waals surface area contributed by atoms with Crippen LogP contribution in [0.15, 0.2) is 48.5 Å². The summed E-state index contributed by atoms with van der Waals surface area (Å²) in [6.07, 6.45) is 0.939. The topological polar surface area (TPSA) is 53.7 Å². The van der Waals surface area contributed by atoms with E-state index >= 15 is 0 Å². The summed E-state index contributed by atoms with van der Waals surface area (Å²) in [5.74, 6) is 0.459. The fourth-order valence-corrected chi connectivity index (χ4v) is 5.10. The summed E-state index contributed by atoms with van der Waals surface area (Å²) in [4.78, 5) is 8.16. The van der Waals surface area contributed by atoms with Crippen molar-refractivity contribution in [3.8, 4) is 5.88 Å². The molecule has 142 valence electrons. The molecule has 1 aliphatic heterocycles. The lowest BCUT2D eigenvalue weighted by atomic mass is 9.96. The normalized spacial score (nSPS) is 15.6. The molecule has 2 aromatic heterocycles. The van der Waals surface area contributed by atoms with Gasteiger partial charge >= 0.3 is 0 Å². The first-order chi connectivity index (χ1) is 13.6. The van der Waals surface area contributed by atoms with Crippen LogP contribution in [-0.2, 0) is 13.0 Å². The van der Waals surface area contributed by atoms with Gasteiger partial charge in [0.15, 0.2) is 0 Å². The van der Waals surface area contributed by atoms with E-state index < -0.39 is 0 Å². The highest BCUT2D eigenvalue weighted by Gasteiger charge is 2.31. The lowest BCUT2D eigenvalue weighted by Crippen LogP contribution is -2.34. The smallest absolute Gasteiger partial charge is 0.230 e. The van der Waals surface area contributed by atoms with E-state index in [1.54, 1.807) is 19.1 Å². The average Bonchev–Trinajstić information content (AvgIpc) is 3.21. The first-order valence-electron chi connectivity index (χ1n) is 9.21. The molecule has 1 atom stereocenters. The van der Waals surface area contributed by atoms with Gasteiger partial charge in [0.25, 0.3) is 0 Å². The number of aryl methyl sites for hydroxylation is 1. The largest absolute Gasteiger partial charge is 0.492 e. The van der Waals surface area contributed by atoms with E-state index in [1.807, 2.05) is 0 Å². The monoisotopic (exact) mass is 394 g/mol. The van der Waals surface area contributed by atoms with Gasteiger partial charge in [0, 0.05) is 13.1 Å². The van der Waals surface area contributed by atoms with Gasteiger partial charge in [0.2, 0.25) is 10.8 Å². The minimum absolute atomic E-state index is 0.105. The van der Waals surface area contributed by atoms with Gasteiger partial charge < -0.3 is 5.11 Å². The molecule has 7 heteroatoms. The zero-order valence-electron chi connectivity index (χ0n) is 15.3. The summed E-state index contributed by atoms with van der Waals surface area (Å²) in [7, 11) is 0. The van der Waals surface area contributed by atoms with Crippen LogP contribution in [0.1, 0.15) is 33.4 Å². The molecule has 3 heterocycles. The number of benzene rings is 2. The van der Waals surface area contributed by atoms with Crippen molar-refractivity contribution in [3.63, 3.8) is 0 Å². The molecule has 5 rings (SSSR count). The summed E-state index contributed by atoms with van der Waals surface area (Å²) in [5, 5.41) is 15.2. The maximum atomic E-state index is 13.5. The third-order valence-electron chi connectivity index (χ3n) is 5.27.